The first-order valence-corrected chi connectivity index (χ1v) is 7.67. The van der Waals surface area contributed by atoms with Crippen LogP contribution in [0.4, 0.5) is 0 Å². The lowest BCUT2D eigenvalue weighted by Gasteiger charge is -2.18. The summed E-state index contributed by atoms with van der Waals surface area (Å²) < 4.78 is 0. The highest BCUT2D eigenvalue weighted by Crippen LogP contribution is 2.46. The number of rotatable bonds is 3. The number of hydrogen-bond acceptors (Lipinski definition) is 1. The monoisotopic (exact) mass is 339 g/mol. The van der Waals surface area contributed by atoms with Gasteiger partial charge in [-0.25, -0.2) is 0 Å². The Morgan fingerprint density at radius 3 is 2.19 bits per heavy atom. The predicted octanol–water partition coefficient (Wildman–Crippen LogP) is 5.07. The van der Waals surface area contributed by atoms with Gasteiger partial charge in [0, 0.05) is 10.0 Å². The Hall–Kier alpha value is -1.22. The minimum absolute atomic E-state index is 0.213. The van der Waals surface area contributed by atoms with Crippen LogP contribution in [0.5, 0.6) is 0 Å². The molecule has 0 saturated heterocycles. The van der Waals surface area contributed by atoms with Gasteiger partial charge in [-0.05, 0) is 48.7 Å². The minimum Gasteiger partial charge on any atom is -0.342 e. The lowest BCUT2D eigenvalue weighted by molar-refractivity contribution is 0.0931. The van der Waals surface area contributed by atoms with Gasteiger partial charge in [-0.1, -0.05) is 46.9 Å². The third-order valence-electron chi connectivity index (χ3n) is 3.67. The maximum Gasteiger partial charge on any atom is 0.253 e. The largest absolute Gasteiger partial charge is 0.342 e. The summed E-state index contributed by atoms with van der Waals surface area (Å²) in [6.07, 6.45) is 1.80. The fourth-order valence-corrected chi connectivity index (χ4v) is 2.84. The van der Waals surface area contributed by atoms with E-state index in [1.807, 2.05) is 24.3 Å². The van der Waals surface area contributed by atoms with Crippen LogP contribution in [0, 0.1) is 0 Å². The summed E-state index contributed by atoms with van der Waals surface area (Å²) >= 11 is 17.9. The van der Waals surface area contributed by atoms with Gasteiger partial charge < -0.3 is 5.32 Å². The lowest BCUT2D eigenvalue weighted by Crippen LogP contribution is -2.35. The van der Waals surface area contributed by atoms with Crippen molar-refractivity contribution in [3.63, 3.8) is 0 Å². The second-order valence-electron chi connectivity index (χ2n) is 5.17. The summed E-state index contributed by atoms with van der Waals surface area (Å²) in [6, 6.07) is 12.4. The van der Waals surface area contributed by atoms with E-state index in [1.165, 1.54) is 0 Å². The molecule has 1 aliphatic rings. The van der Waals surface area contributed by atoms with Crippen molar-refractivity contribution in [1.82, 2.24) is 5.32 Å². The average Bonchev–Trinajstić information content (AvgIpc) is 3.23. The van der Waals surface area contributed by atoms with Gasteiger partial charge in [-0.2, -0.15) is 0 Å². The molecule has 5 heteroatoms. The van der Waals surface area contributed by atoms with Gasteiger partial charge in [-0.15, -0.1) is 0 Å². The zero-order valence-corrected chi connectivity index (χ0v) is 13.3. The zero-order chi connectivity index (χ0) is 15.0. The molecule has 2 nitrogen and oxygen atoms in total. The van der Waals surface area contributed by atoms with Crippen LogP contribution in [0.25, 0.3) is 0 Å². The second kappa shape index (κ2) is 5.53. The third-order valence-corrected chi connectivity index (χ3v) is 4.49. The first-order chi connectivity index (χ1) is 10.00. The molecule has 1 fully saturated rings. The van der Waals surface area contributed by atoms with Crippen molar-refractivity contribution in [3.05, 3.63) is 68.7 Å². The first kappa shape index (κ1) is 14.7. The van der Waals surface area contributed by atoms with Crippen LogP contribution >= 0.6 is 34.8 Å². The maximum absolute atomic E-state index is 12.4. The summed E-state index contributed by atoms with van der Waals surface area (Å²) in [5.74, 6) is -0.213. The molecule has 2 aromatic carbocycles. The van der Waals surface area contributed by atoms with Crippen LogP contribution < -0.4 is 5.32 Å². The van der Waals surface area contributed by atoms with E-state index >= 15 is 0 Å². The van der Waals surface area contributed by atoms with E-state index in [-0.39, 0.29) is 11.4 Å². The molecule has 1 amide bonds. The molecule has 1 aliphatic carbocycles. The number of halogens is 3. The molecular formula is C16H12Cl3NO. The Morgan fingerprint density at radius 2 is 1.57 bits per heavy atom. The van der Waals surface area contributed by atoms with Gasteiger partial charge in [0.1, 0.15) is 0 Å². The van der Waals surface area contributed by atoms with Gasteiger partial charge in [0.15, 0.2) is 0 Å². The number of benzene rings is 2. The highest BCUT2D eigenvalue weighted by Gasteiger charge is 2.45. The summed E-state index contributed by atoms with van der Waals surface area (Å²) in [6.45, 7) is 0. The van der Waals surface area contributed by atoms with E-state index < -0.39 is 0 Å². The Morgan fingerprint density at radius 1 is 0.952 bits per heavy atom. The van der Waals surface area contributed by atoms with E-state index in [4.69, 9.17) is 34.8 Å². The summed E-state index contributed by atoms with van der Waals surface area (Å²) in [5.41, 5.74) is 1.13. The van der Waals surface area contributed by atoms with E-state index in [0.717, 1.165) is 18.4 Å². The second-order valence-corrected chi connectivity index (χ2v) is 6.45. The van der Waals surface area contributed by atoms with Crippen molar-refractivity contribution in [1.29, 1.82) is 0 Å². The van der Waals surface area contributed by atoms with Gasteiger partial charge in [0.05, 0.1) is 16.1 Å². The van der Waals surface area contributed by atoms with Crippen molar-refractivity contribution in [2.24, 2.45) is 0 Å². The topological polar surface area (TPSA) is 29.1 Å². The van der Waals surface area contributed by atoms with E-state index in [1.54, 1.807) is 18.2 Å². The predicted molar refractivity (Wildman–Crippen MR) is 86.3 cm³/mol. The molecule has 21 heavy (non-hydrogen) atoms. The van der Waals surface area contributed by atoms with E-state index in [9.17, 15) is 4.79 Å². The molecule has 108 valence electrons. The molecule has 3 rings (SSSR count). The standard InChI is InChI=1S/C16H12Cl3NO/c17-11-3-1-10(2-4-11)16(7-8-16)20-15(21)13-9-12(18)5-6-14(13)19/h1-6,9H,7-8H2,(H,20,21). The van der Waals surface area contributed by atoms with Gasteiger partial charge >= 0.3 is 0 Å². The number of carbonyl (C=O) groups excluding carboxylic acids is 1. The van der Waals surface area contributed by atoms with Gasteiger partial charge in [-0.3, -0.25) is 4.79 Å². The molecule has 0 unspecified atom stereocenters. The van der Waals surface area contributed by atoms with Crippen molar-refractivity contribution in [2.45, 2.75) is 18.4 Å². The minimum atomic E-state index is -0.312. The molecule has 1 saturated carbocycles. The van der Waals surface area contributed by atoms with Crippen molar-refractivity contribution in [2.75, 3.05) is 0 Å². The molecular weight excluding hydrogens is 329 g/mol. The number of nitrogens with one attached hydrogen (secondary N) is 1. The highest BCUT2D eigenvalue weighted by atomic mass is 35.5. The van der Waals surface area contributed by atoms with E-state index in [0.29, 0.717) is 20.6 Å². The van der Waals surface area contributed by atoms with Crippen LogP contribution in [-0.2, 0) is 5.54 Å². The Labute approximate surface area is 138 Å². The molecule has 0 aromatic heterocycles. The average molecular weight is 341 g/mol. The highest BCUT2D eigenvalue weighted by molar-refractivity contribution is 6.35. The Bertz CT molecular complexity index is 693. The molecule has 0 heterocycles. The first-order valence-electron chi connectivity index (χ1n) is 6.54. The van der Waals surface area contributed by atoms with E-state index in [2.05, 4.69) is 5.32 Å². The van der Waals surface area contributed by atoms with Crippen molar-refractivity contribution < 1.29 is 4.79 Å². The Balaban J connectivity index is 1.84. The molecule has 0 spiro atoms. The summed E-state index contributed by atoms with van der Waals surface area (Å²) in [7, 11) is 0. The summed E-state index contributed by atoms with van der Waals surface area (Å²) in [4.78, 5) is 12.4. The maximum atomic E-state index is 12.4. The number of amides is 1. The van der Waals surface area contributed by atoms with Crippen LogP contribution in [0.1, 0.15) is 28.8 Å². The van der Waals surface area contributed by atoms with Crippen LogP contribution in [-0.4, -0.2) is 5.91 Å². The van der Waals surface area contributed by atoms with Gasteiger partial charge in [0.25, 0.3) is 5.91 Å². The quantitative estimate of drug-likeness (QED) is 0.830. The Kier molecular flexibility index (Phi) is 3.87. The smallest absolute Gasteiger partial charge is 0.253 e. The molecule has 0 bridgehead atoms. The van der Waals surface area contributed by atoms with Crippen LogP contribution in [0.2, 0.25) is 15.1 Å². The number of carbonyl (C=O) groups is 1. The van der Waals surface area contributed by atoms with Gasteiger partial charge in [0.2, 0.25) is 0 Å². The number of hydrogen-bond donors (Lipinski definition) is 1. The zero-order valence-electron chi connectivity index (χ0n) is 11.0. The molecule has 0 aliphatic heterocycles. The fraction of sp³-hybridized carbons (Fsp3) is 0.188. The van der Waals surface area contributed by atoms with Crippen molar-refractivity contribution in [3.8, 4) is 0 Å². The van der Waals surface area contributed by atoms with Crippen LogP contribution in [0.3, 0.4) is 0 Å². The normalized spacial score (nSPS) is 15.6. The molecule has 0 atom stereocenters. The SMILES string of the molecule is O=C(NC1(c2ccc(Cl)cc2)CC1)c1cc(Cl)ccc1Cl. The fourth-order valence-electron chi connectivity index (χ4n) is 2.34. The lowest BCUT2D eigenvalue weighted by atomic mass is 10.0. The molecule has 2 aromatic rings. The van der Waals surface area contributed by atoms with Crippen LogP contribution in [0.15, 0.2) is 42.5 Å². The third kappa shape index (κ3) is 3.03. The molecule has 0 radical (unpaired) electrons. The summed E-state index contributed by atoms with van der Waals surface area (Å²) in [5, 5.41) is 4.62. The van der Waals surface area contributed by atoms with Crippen molar-refractivity contribution >= 4 is 40.7 Å². The molecule has 1 N–H and O–H groups in total.